The lowest BCUT2D eigenvalue weighted by Crippen LogP contribution is -2.40. The zero-order valence-electron chi connectivity index (χ0n) is 12.1. The van der Waals surface area contributed by atoms with E-state index in [0.717, 1.165) is 36.5 Å². The minimum Gasteiger partial charge on any atom is -0.296 e. The van der Waals surface area contributed by atoms with Gasteiger partial charge in [-0.05, 0) is 35.7 Å². The number of amides is 1. The molecule has 0 spiro atoms. The van der Waals surface area contributed by atoms with Gasteiger partial charge < -0.3 is 0 Å². The molecule has 1 saturated carbocycles. The van der Waals surface area contributed by atoms with E-state index in [9.17, 15) is 4.79 Å². The van der Waals surface area contributed by atoms with Gasteiger partial charge >= 0.3 is 0 Å². The number of rotatable bonds is 3. The molecule has 0 aliphatic heterocycles. The third-order valence-corrected chi connectivity index (χ3v) is 4.34. The first-order chi connectivity index (χ1) is 10.3. The van der Waals surface area contributed by atoms with Gasteiger partial charge in [-0.2, -0.15) is 0 Å². The fraction of sp³-hybridized carbons (Fsp3) is 0.333. The summed E-state index contributed by atoms with van der Waals surface area (Å²) in [6.45, 7) is 0. The van der Waals surface area contributed by atoms with Crippen LogP contribution < -0.4 is 0 Å². The van der Waals surface area contributed by atoms with Crippen molar-refractivity contribution in [3.05, 3.63) is 48.0 Å². The Morgan fingerprint density at radius 2 is 1.76 bits per heavy atom. The van der Waals surface area contributed by atoms with E-state index >= 15 is 0 Å². The third kappa shape index (κ3) is 2.82. The van der Waals surface area contributed by atoms with E-state index < -0.39 is 0 Å². The Kier molecular flexibility index (Phi) is 4.00. The number of carbonyl (C=O) groups excluding carboxylic acids is 1. The van der Waals surface area contributed by atoms with Gasteiger partial charge in [0, 0.05) is 11.6 Å². The lowest BCUT2D eigenvalue weighted by Gasteiger charge is -2.31. The van der Waals surface area contributed by atoms with Gasteiger partial charge in [-0.3, -0.25) is 15.1 Å². The van der Waals surface area contributed by atoms with Crippen molar-refractivity contribution in [1.29, 1.82) is 5.41 Å². The van der Waals surface area contributed by atoms with E-state index in [1.807, 2.05) is 42.5 Å². The van der Waals surface area contributed by atoms with E-state index in [-0.39, 0.29) is 11.9 Å². The zero-order valence-corrected chi connectivity index (χ0v) is 12.1. The Bertz CT molecular complexity index is 659. The molecule has 3 nitrogen and oxygen atoms in total. The Labute approximate surface area is 125 Å². The summed E-state index contributed by atoms with van der Waals surface area (Å²) in [5.41, 5.74) is 0.669. The minimum atomic E-state index is -0.0531. The lowest BCUT2D eigenvalue weighted by molar-refractivity contribution is 0.0783. The molecular formula is C18H20N2O. The van der Waals surface area contributed by atoms with E-state index in [1.165, 1.54) is 12.8 Å². The first kappa shape index (κ1) is 13.8. The second-order valence-corrected chi connectivity index (χ2v) is 5.70. The molecular weight excluding hydrogens is 260 g/mol. The third-order valence-electron chi connectivity index (χ3n) is 4.34. The Hall–Kier alpha value is -2.16. The molecule has 2 aromatic rings. The summed E-state index contributed by atoms with van der Waals surface area (Å²) in [7, 11) is 0. The van der Waals surface area contributed by atoms with Crippen LogP contribution in [-0.2, 0) is 0 Å². The highest BCUT2D eigenvalue weighted by molar-refractivity contribution is 6.03. The van der Waals surface area contributed by atoms with E-state index in [4.69, 9.17) is 5.41 Å². The molecule has 1 fully saturated rings. The average molecular weight is 280 g/mol. The largest absolute Gasteiger partial charge is 0.296 e. The molecule has 1 aliphatic rings. The van der Waals surface area contributed by atoms with Crippen LogP contribution in [-0.4, -0.2) is 23.2 Å². The maximum Gasteiger partial charge on any atom is 0.259 e. The van der Waals surface area contributed by atoms with Crippen molar-refractivity contribution in [2.24, 2.45) is 0 Å². The smallest absolute Gasteiger partial charge is 0.259 e. The molecule has 0 bridgehead atoms. The first-order valence-electron chi connectivity index (χ1n) is 7.61. The molecule has 1 N–H and O–H groups in total. The molecule has 2 aromatic carbocycles. The van der Waals surface area contributed by atoms with Crippen molar-refractivity contribution < 1.29 is 4.79 Å². The lowest BCUT2D eigenvalue weighted by atomic mass is 9.94. The molecule has 21 heavy (non-hydrogen) atoms. The predicted molar refractivity (Wildman–Crippen MR) is 85.8 cm³/mol. The Balaban J connectivity index is 1.88. The van der Waals surface area contributed by atoms with E-state index in [2.05, 4.69) is 0 Å². The fourth-order valence-corrected chi connectivity index (χ4v) is 3.16. The van der Waals surface area contributed by atoms with Gasteiger partial charge in [0.2, 0.25) is 0 Å². The SMILES string of the molecule is N=CN(C(=O)c1ccc2ccccc2c1)C1CCCCC1. The number of hydrogen-bond acceptors (Lipinski definition) is 2. The molecule has 3 rings (SSSR count). The maximum atomic E-state index is 12.7. The summed E-state index contributed by atoms with van der Waals surface area (Å²) in [6, 6.07) is 14.0. The van der Waals surface area contributed by atoms with Gasteiger partial charge in [-0.1, -0.05) is 49.6 Å². The van der Waals surface area contributed by atoms with Gasteiger partial charge in [-0.15, -0.1) is 0 Å². The number of nitrogens with one attached hydrogen (secondary N) is 1. The molecule has 1 amide bonds. The second-order valence-electron chi connectivity index (χ2n) is 5.70. The highest BCUT2D eigenvalue weighted by Gasteiger charge is 2.24. The van der Waals surface area contributed by atoms with Crippen molar-refractivity contribution in [1.82, 2.24) is 4.90 Å². The molecule has 0 heterocycles. The highest BCUT2D eigenvalue weighted by Crippen LogP contribution is 2.24. The molecule has 0 unspecified atom stereocenters. The normalized spacial score (nSPS) is 15.8. The fourth-order valence-electron chi connectivity index (χ4n) is 3.16. The minimum absolute atomic E-state index is 0.0531. The van der Waals surface area contributed by atoms with Crippen molar-refractivity contribution in [3.63, 3.8) is 0 Å². The van der Waals surface area contributed by atoms with Crippen LogP contribution in [0.25, 0.3) is 10.8 Å². The summed E-state index contributed by atoms with van der Waals surface area (Å²) in [5, 5.41) is 9.82. The van der Waals surface area contributed by atoms with Crippen LogP contribution in [0, 0.1) is 5.41 Å². The quantitative estimate of drug-likeness (QED) is 0.664. The van der Waals surface area contributed by atoms with Gasteiger partial charge in [0.05, 0.1) is 6.34 Å². The van der Waals surface area contributed by atoms with Crippen LogP contribution in [0.5, 0.6) is 0 Å². The van der Waals surface area contributed by atoms with Gasteiger partial charge in [0.1, 0.15) is 0 Å². The van der Waals surface area contributed by atoms with Crippen molar-refractivity contribution in [3.8, 4) is 0 Å². The van der Waals surface area contributed by atoms with Crippen LogP contribution in [0.1, 0.15) is 42.5 Å². The number of hydrogen-bond donors (Lipinski definition) is 1. The summed E-state index contributed by atoms with van der Waals surface area (Å²) in [5.74, 6) is -0.0531. The summed E-state index contributed by atoms with van der Waals surface area (Å²) < 4.78 is 0. The second kappa shape index (κ2) is 6.08. The summed E-state index contributed by atoms with van der Waals surface area (Å²) in [6.07, 6.45) is 6.77. The molecule has 3 heteroatoms. The van der Waals surface area contributed by atoms with Gasteiger partial charge in [0.15, 0.2) is 0 Å². The first-order valence-corrected chi connectivity index (χ1v) is 7.61. The van der Waals surface area contributed by atoms with Crippen LogP contribution in [0.4, 0.5) is 0 Å². The summed E-state index contributed by atoms with van der Waals surface area (Å²) >= 11 is 0. The molecule has 108 valence electrons. The predicted octanol–water partition coefficient (Wildman–Crippen LogP) is 4.22. The topological polar surface area (TPSA) is 44.2 Å². The number of benzene rings is 2. The Morgan fingerprint density at radius 3 is 2.48 bits per heavy atom. The van der Waals surface area contributed by atoms with Crippen molar-refractivity contribution in [2.45, 2.75) is 38.1 Å². The van der Waals surface area contributed by atoms with Crippen LogP contribution in [0.15, 0.2) is 42.5 Å². The van der Waals surface area contributed by atoms with Crippen LogP contribution in [0.2, 0.25) is 0 Å². The maximum absolute atomic E-state index is 12.7. The average Bonchev–Trinajstić information content (AvgIpc) is 2.56. The van der Waals surface area contributed by atoms with Gasteiger partial charge in [-0.25, -0.2) is 0 Å². The monoisotopic (exact) mass is 280 g/mol. The highest BCUT2D eigenvalue weighted by atomic mass is 16.2. The van der Waals surface area contributed by atoms with Crippen LogP contribution >= 0.6 is 0 Å². The van der Waals surface area contributed by atoms with Gasteiger partial charge in [0.25, 0.3) is 5.91 Å². The molecule has 1 aliphatic carbocycles. The number of nitrogens with zero attached hydrogens (tertiary/aromatic N) is 1. The number of carbonyl (C=O) groups is 1. The molecule has 0 radical (unpaired) electrons. The number of fused-ring (bicyclic) bond motifs is 1. The Morgan fingerprint density at radius 1 is 1.05 bits per heavy atom. The molecule has 0 aromatic heterocycles. The van der Waals surface area contributed by atoms with Crippen molar-refractivity contribution >= 4 is 23.0 Å². The van der Waals surface area contributed by atoms with E-state index in [1.54, 1.807) is 4.90 Å². The van der Waals surface area contributed by atoms with E-state index in [0.29, 0.717) is 5.56 Å². The standard InChI is InChI=1S/C18H20N2O/c19-13-20(17-8-2-1-3-9-17)18(21)16-11-10-14-6-4-5-7-15(14)12-16/h4-7,10-13,17,19H,1-3,8-9H2. The van der Waals surface area contributed by atoms with Crippen LogP contribution in [0.3, 0.4) is 0 Å². The molecule has 0 saturated heterocycles. The summed E-state index contributed by atoms with van der Waals surface area (Å²) in [4.78, 5) is 14.3. The molecule has 0 atom stereocenters. The zero-order chi connectivity index (χ0) is 14.7. The van der Waals surface area contributed by atoms with Crippen molar-refractivity contribution in [2.75, 3.05) is 0 Å².